The summed E-state index contributed by atoms with van der Waals surface area (Å²) >= 11 is 0. The average Bonchev–Trinajstić information content (AvgIpc) is 2.68. The molecule has 0 radical (unpaired) electrons. The molecule has 0 spiro atoms. The summed E-state index contributed by atoms with van der Waals surface area (Å²) in [6, 6.07) is 6.23. The van der Waals surface area contributed by atoms with E-state index in [1.165, 1.54) is 38.2 Å². The molecule has 30 heavy (non-hydrogen) atoms. The van der Waals surface area contributed by atoms with E-state index in [4.69, 9.17) is 0 Å². The lowest BCUT2D eigenvalue weighted by atomic mass is 9.91. The number of allylic oxidation sites excluding steroid dienone is 2. The molecule has 2 aliphatic rings. The molecule has 2 aromatic carbocycles. The van der Waals surface area contributed by atoms with Crippen molar-refractivity contribution >= 4 is 0 Å². The van der Waals surface area contributed by atoms with E-state index in [1.807, 2.05) is 0 Å². The fraction of sp³-hybridized carbons (Fsp3) is 0.462. The second kappa shape index (κ2) is 11.0. The number of phenolic OH excluding ortho intramolecular Hbond substituents is 4. The molecule has 162 valence electrons. The van der Waals surface area contributed by atoms with Gasteiger partial charge in [0.05, 0.1) is 5.56 Å². The van der Waals surface area contributed by atoms with E-state index >= 15 is 0 Å². The first-order chi connectivity index (χ1) is 14.6. The lowest BCUT2D eigenvalue weighted by molar-refractivity contribution is 0.441. The van der Waals surface area contributed by atoms with Gasteiger partial charge in [0.1, 0.15) is 23.0 Å². The Balaban J connectivity index is 1.91. The highest BCUT2D eigenvalue weighted by Gasteiger charge is 2.20. The second-order valence-corrected chi connectivity index (χ2v) is 8.39. The van der Waals surface area contributed by atoms with Crippen molar-refractivity contribution in [2.24, 2.45) is 0 Å². The SMILES string of the molecule is Oc1cc(O)c2c(c1)CCCCCCCCCC=CCCCc1cc(O)c-2c(O)c1. The Hall–Kier alpha value is -2.62. The van der Waals surface area contributed by atoms with Gasteiger partial charge in [-0.2, -0.15) is 0 Å². The maximum absolute atomic E-state index is 10.7. The quantitative estimate of drug-likeness (QED) is 0.363. The van der Waals surface area contributed by atoms with Crippen molar-refractivity contribution in [3.05, 3.63) is 47.5 Å². The highest BCUT2D eigenvalue weighted by molar-refractivity contribution is 5.84. The van der Waals surface area contributed by atoms with Crippen molar-refractivity contribution in [2.45, 2.75) is 77.0 Å². The van der Waals surface area contributed by atoms with Crippen LogP contribution in [0, 0.1) is 0 Å². The molecule has 0 saturated heterocycles. The fourth-order valence-corrected chi connectivity index (χ4v) is 4.35. The van der Waals surface area contributed by atoms with E-state index in [-0.39, 0.29) is 28.6 Å². The number of hydrogen-bond acceptors (Lipinski definition) is 4. The first-order valence-electron chi connectivity index (χ1n) is 11.3. The third kappa shape index (κ3) is 5.94. The van der Waals surface area contributed by atoms with Gasteiger partial charge in [0.2, 0.25) is 0 Å². The maximum atomic E-state index is 10.7. The Morgan fingerprint density at radius 2 is 1.07 bits per heavy atom. The van der Waals surface area contributed by atoms with Crippen molar-refractivity contribution in [3.63, 3.8) is 0 Å². The van der Waals surface area contributed by atoms with Crippen LogP contribution in [0.4, 0.5) is 0 Å². The number of rotatable bonds is 0. The van der Waals surface area contributed by atoms with Gasteiger partial charge in [-0.05, 0) is 74.3 Å². The standard InChI is InChI=1S/C26H34O4/c27-21-17-20-14-12-10-8-6-4-2-1-3-5-7-9-11-13-19-15-22(28)26(23(29)16-19)25(20)24(30)18-21/h5,7,15-18,27-30H,1-4,6,8-14H2. The summed E-state index contributed by atoms with van der Waals surface area (Å²) in [5, 5.41) is 41.9. The molecule has 0 atom stereocenters. The van der Waals surface area contributed by atoms with Crippen LogP contribution in [0.2, 0.25) is 0 Å². The summed E-state index contributed by atoms with van der Waals surface area (Å²) in [5.74, 6) is -0.227. The number of fused-ring (bicyclic) bond motifs is 14. The largest absolute Gasteiger partial charge is 0.508 e. The van der Waals surface area contributed by atoms with Crippen LogP contribution >= 0.6 is 0 Å². The van der Waals surface area contributed by atoms with Gasteiger partial charge in [0, 0.05) is 11.6 Å². The molecule has 4 nitrogen and oxygen atoms in total. The Labute approximate surface area is 179 Å². The van der Waals surface area contributed by atoms with Crippen molar-refractivity contribution in [3.8, 4) is 34.1 Å². The third-order valence-corrected chi connectivity index (χ3v) is 5.91. The molecule has 0 saturated carbocycles. The van der Waals surface area contributed by atoms with E-state index in [0.29, 0.717) is 12.0 Å². The lowest BCUT2D eigenvalue weighted by Crippen LogP contribution is -1.95. The zero-order valence-electron chi connectivity index (χ0n) is 17.7. The molecular formula is C26H34O4. The summed E-state index contributed by atoms with van der Waals surface area (Å²) in [4.78, 5) is 0. The molecule has 4 N–H and O–H groups in total. The van der Waals surface area contributed by atoms with E-state index in [9.17, 15) is 20.4 Å². The highest BCUT2D eigenvalue weighted by Crippen LogP contribution is 2.46. The second-order valence-electron chi connectivity index (χ2n) is 8.39. The molecule has 0 fully saturated rings. The fourth-order valence-electron chi connectivity index (χ4n) is 4.35. The van der Waals surface area contributed by atoms with Crippen molar-refractivity contribution in [1.29, 1.82) is 0 Å². The minimum atomic E-state index is -0.129. The van der Waals surface area contributed by atoms with E-state index in [1.54, 1.807) is 18.2 Å². The highest BCUT2D eigenvalue weighted by atomic mass is 16.3. The van der Waals surface area contributed by atoms with Gasteiger partial charge < -0.3 is 20.4 Å². The number of benzene rings is 2. The Morgan fingerprint density at radius 1 is 0.500 bits per heavy atom. The molecule has 2 aliphatic carbocycles. The third-order valence-electron chi connectivity index (χ3n) is 5.91. The minimum absolute atomic E-state index is 0.00985. The van der Waals surface area contributed by atoms with Crippen LogP contribution < -0.4 is 0 Å². The molecule has 0 amide bonds. The molecule has 0 aromatic heterocycles. The zero-order chi connectivity index (χ0) is 21.3. The molecule has 2 bridgehead atoms. The molecule has 0 aliphatic heterocycles. The van der Waals surface area contributed by atoms with Gasteiger partial charge in [-0.15, -0.1) is 0 Å². The Kier molecular flexibility index (Phi) is 8.06. The summed E-state index contributed by atoms with van der Waals surface area (Å²) < 4.78 is 0. The molecular weight excluding hydrogens is 376 g/mol. The maximum Gasteiger partial charge on any atom is 0.127 e. The lowest BCUT2D eigenvalue weighted by Gasteiger charge is -2.16. The first-order valence-corrected chi connectivity index (χ1v) is 11.3. The minimum Gasteiger partial charge on any atom is -0.508 e. The topological polar surface area (TPSA) is 80.9 Å². The monoisotopic (exact) mass is 410 g/mol. The molecule has 2 aromatic rings. The molecule has 4 heteroatoms. The molecule has 0 heterocycles. The van der Waals surface area contributed by atoms with Crippen LogP contribution in [0.5, 0.6) is 23.0 Å². The normalized spacial score (nSPS) is 16.8. The van der Waals surface area contributed by atoms with Gasteiger partial charge in [0.15, 0.2) is 0 Å². The van der Waals surface area contributed by atoms with Crippen LogP contribution in [0.1, 0.15) is 75.3 Å². The number of aromatic hydroxyl groups is 4. The van der Waals surface area contributed by atoms with Gasteiger partial charge in [-0.1, -0.05) is 44.3 Å². The van der Waals surface area contributed by atoms with Gasteiger partial charge >= 0.3 is 0 Å². The average molecular weight is 411 g/mol. The van der Waals surface area contributed by atoms with Gasteiger partial charge in [-0.3, -0.25) is 0 Å². The summed E-state index contributed by atoms with van der Waals surface area (Å²) in [6.45, 7) is 0. The number of aryl methyl sites for hydroxylation is 2. The first kappa shape index (κ1) is 22.1. The van der Waals surface area contributed by atoms with E-state index < -0.39 is 0 Å². The van der Waals surface area contributed by atoms with Gasteiger partial charge in [0.25, 0.3) is 0 Å². The molecule has 0 unspecified atom stereocenters. The predicted molar refractivity (Wildman–Crippen MR) is 121 cm³/mol. The van der Waals surface area contributed by atoms with Crippen LogP contribution in [-0.2, 0) is 12.8 Å². The van der Waals surface area contributed by atoms with E-state index in [0.717, 1.165) is 49.7 Å². The van der Waals surface area contributed by atoms with Crippen molar-refractivity contribution < 1.29 is 20.4 Å². The van der Waals surface area contributed by atoms with Crippen LogP contribution in [0.15, 0.2) is 36.4 Å². The Morgan fingerprint density at radius 3 is 1.77 bits per heavy atom. The van der Waals surface area contributed by atoms with Crippen molar-refractivity contribution in [1.82, 2.24) is 0 Å². The van der Waals surface area contributed by atoms with Crippen LogP contribution in [0.25, 0.3) is 11.1 Å². The Bertz CT molecular complexity index is 847. The van der Waals surface area contributed by atoms with Gasteiger partial charge in [-0.25, -0.2) is 0 Å². The smallest absolute Gasteiger partial charge is 0.127 e. The summed E-state index contributed by atoms with van der Waals surface area (Å²) in [7, 11) is 0. The van der Waals surface area contributed by atoms with Crippen LogP contribution in [-0.4, -0.2) is 20.4 Å². The predicted octanol–water partition coefficient (Wildman–Crippen LogP) is 6.73. The van der Waals surface area contributed by atoms with Crippen LogP contribution in [0.3, 0.4) is 0 Å². The zero-order valence-corrected chi connectivity index (χ0v) is 17.7. The number of phenols is 4. The van der Waals surface area contributed by atoms with E-state index in [2.05, 4.69) is 12.2 Å². The van der Waals surface area contributed by atoms with Crippen molar-refractivity contribution in [2.75, 3.05) is 0 Å². The summed E-state index contributed by atoms with van der Waals surface area (Å²) in [6.07, 6.45) is 17.2. The number of hydrogen-bond donors (Lipinski definition) is 4. The molecule has 4 rings (SSSR count). The summed E-state index contributed by atoms with van der Waals surface area (Å²) in [5.41, 5.74) is 2.26.